The van der Waals surface area contributed by atoms with E-state index in [1.54, 1.807) is 0 Å². The third-order valence-corrected chi connectivity index (χ3v) is 3.70. The van der Waals surface area contributed by atoms with Crippen molar-refractivity contribution in [2.24, 2.45) is 5.92 Å². The summed E-state index contributed by atoms with van der Waals surface area (Å²) in [5.41, 5.74) is 0.0999. The van der Waals surface area contributed by atoms with Gasteiger partial charge in [-0.1, -0.05) is 37.0 Å². The topological polar surface area (TPSA) is 86.6 Å². The van der Waals surface area contributed by atoms with Crippen molar-refractivity contribution >= 4 is 42.0 Å². The molecule has 0 aliphatic heterocycles. The maximum atomic E-state index is 12.2. The molecule has 3 N–H and O–H groups in total. The zero-order chi connectivity index (χ0) is 18.4. The second-order valence-corrected chi connectivity index (χ2v) is 6.50. The van der Waals surface area contributed by atoms with Crippen LogP contribution in [0.15, 0.2) is 18.2 Å². The van der Waals surface area contributed by atoms with E-state index in [1.807, 2.05) is 13.8 Å². The second-order valence-electron chi connectivity index (χ2n) is 5.69. The number of Topliss-reactive ketones (excluding diaryl/α,β-unsaturated/α-hetero) is 1. The average Bonchev–Trinajstić information content (AvgIpc) is 2.47. The summed E-state index contributed by atoms with van der Waals surface area (Å²) in [7, 11) is -1.67. The minimum Gasteiger partial charge on any atom is -0.426 e. The highest BCUT2D eigenvalue weighted by Gasteiger charge is 2.26. The number of rotatable bonds is 8. The number of benzene rings is 1. The molecule has 1 amide bonds. The molecule has 0 aliphatic rings. The third kappa shape index (κ3) is 6.91. The molecular formula is C15H20BCl2NO4. The minimum atomic E-state index is -1.67. The maximum Gasteiger partial charge on any atom is 0.475 e. The number of carbonyl (C=O) groups excluding carboxylic acids is 2. The Labute approximate surface area is 147 Å². The van der Waals surface area contributed by atoms with Gasteiger partial charge in [0.1, 0.15) is 0 Å². The van der Waals surface area contributed by atoms with Crippen LogP contribution in [0.1, 0.15) is 44.8 Å². The van der Waals surface area contributed by atoms with Crippen molar-refractivity contribution < 1.29 is 21.0 Å². The molecule has 1 atom stereocenters. The van der Waals surface area contributed by atoms with Crippen LogP contribution in [0.2, 0.25) is 10.0 Å². The van der Waals surface area contributed by atoms with Crippen LogP contribution in [0.4, 0.5) is 0 Å². The molecule has 0 unspecified atom stereocenters. The van der Waals surface area contributed by atoms with E-state index in [0.717, 1.165) is 0 Å². The summed E-state index contributed by atoms with van der Waals surface area (Å²) < 4.78 is 7.61. The van der Waals surface area contributed by atoms with Gasteiger partial charge in [0.15, 0.2) is 5.78 Å². The number of ketones is 1. The third-order valence-electron chi connectivity index (χ3n) is 3.17. The minimum absolute atomic E-state index is 0.00623. The van der Waals surface area contributed by atoms with Gasteiger partial charge in [0, 0.05) is 23.4 Å². The molecule has 1 aromatic carbocycles. The van der Waals surface area contributed by atoms with Crippen LogP contribution in [-0.2, 0) is 4.79 Å². The Morgan fingerprint density at radius 1 is 1.35 bits per heavy atom. The van der Waals surface area contributed by atoms with Gasteiger partial charge in [0.25, 0.3) is 0 Å². The molecule has 0 radical (unpaired) electrons. The van der Waals surface area contributed by atoms with Crippen LogP contribution < -0.4 is 5.32 Å². The van der Waals surface area contributed by atoms with E-state index in [4.69, 9.17) is 24.6 Å². The Morgan fingerprint density at radius 3 is 2.57 bits per heavy atom. The molecule has 0 aromatic heterocycles. The largest absolute Gasteiger partial charge is 0.475 e. The molecule has 23 heavy (non-hydrogen) atoms. The van der Waals surface area contributed by atoms with E-state index in [9.17, 15) is 19.6 Å². The predicted molar refractivity (Wildman–Crippen MR) is 91.6 cm³/mol. The molecule has 0 bridgehead atoms. The number of carbonyl (C=O) groups is 2. The lowest BCUT2D eigenvalue weighted by atomic mass is 9.75. The number of amides is 1. The zero-order valence-electron chi connectivity index (χ0n) is 14.0. The summed E-state index contributed by atoms with van der Waals surface area (Å²) >= 11 is 11.7. The van der Waals surface area contributed by atoms with Crippen molar-refractivity contribution in [3.63, 3.8) is 0 Å². The van der Waals surface area contributed by atoms with Gasteiger partial charge in [0.2, 0.25) is 5.91 Å². The van der Waals surface area contributed by atoms with Crippen molar-refractivity contribution in [2.45, 2.75) is 39.1 Å². The molecule has 8 heteroatoms. The second kappa shape index (κ2) is 9.28. The van der Waals surface area contributed by atoms with Crippen LogP contribution in [0, 0.1) is 5.92 Å². The Balaban J connectivity index is 2.65. The molecule has 0 heterocycles. The Bertz CT molecular complexity index is 613. The fourth-order valence-corrected chi connectivity index (χ4v) is 2.44. The summed E-state index contributed by atoms with van der Waals surface area (Å²) in [6.45, 7) is 3.79. The van der Waals surface area contributed by atoms with Crippen molar-refractivity contribution in [1.29, 1.82) is 0 Å². The lowest BCUT2D eigenvalue weighted by molar-refractivity contribution is -0.121. The Hall–Kier alpha value is -1.08. The molecule has 0 saturated heterocycles. The number of hydrogen-bond donors (Lipinski definition) is 3. The summed E-state index contributed by atoms with van der Waals surface area (Å²) in [6.07, 6.45) is 0.150. The van der Waals surface area contributed by atoms with E-state index in [-0.39, 0.29) is 40.4 Å². The number of halogens is 2. The van der Waals surface area contributed by atoms with Crippen LogP contribution >= 0.6 is 23.2 Å². The van der Waals surface area contributed by atoms with Crippen LogP contribution in [-0.4, -0.2) is 34.8 Å². The lowest BCUT2D eigenvalue weighted by Crippen LogP contribution is -2.47. The van der Waals surface area contributed by atoms with Gasteiger partial charge in [-0.15, -0.1) is 0 Å². The molecule has 0 fully saturated rings. The van der Waals surface area contributed by atoms with Crippen LogP contribution in [0.5, 0.6) is 0 Å². The fraction of sp³-hybridized carbons (Fsp3) is 0.467. The number of hydrogen-bond acceptors (Lipinski definition) is 4. The highest BCUT2D eigenvalue weighted by Crippen LogP contribution is 2.22. The summed E-state index contributed by atoms with van der Waals surface area (Å²) in [4.78, 5) is 24.1. The van der Waals surface area contributed by atoms with Crippen LogP contribution in [0.3, 0.4) is 0 Å². The first-order valence-corrected chi connectivity index (χ1v) is 8.01. The fourth-order valence-electron chi connectivity index (χ4n) is 2.06. The Morgan fingerprint density at radius 2 is 2.00 bits per heavy atom. The van der Waals surface area contributed by atoms with Gasteiger partial charge in [-0.3, -0.25) is 9.59 Å². The summed E-state index contributed by atoms with van der Waals surface area (Å²) in [5.74, 6) is -1.50. The average molecular weight is 361 g/mol. The summed E-state index contributed by atoms with van der Waals surface area (Å²) in [6, 6.07) is 2.63. The van der Waals surface area contributed by atoms with Gasteiger partial charge in [-0.25, -0.2) is 0 Å². The molecule has 0 spiro atoms. The molecule has 1 rings (SSSR count). The van der Waals surface area contributed by atoms with Gasteiger partial charge in [-0.2, -0.15) is 0 Å². The molecule has 1 aromatic rings. The molecule has 5 nitrogen and oxygen atoms in total. The highest BCUT2D eigenvalue weighted by molar-refractivity contribution is 6.43. The normalized spacial score (nSPS) is 12.7. The van der Waals surface area contributed by atoms with E-state index in [0.29, 0.717) is 6.42 Å². The van der Waals surface area contributed by atoms with Gasteiger partial charge in [-0.05, 0) is 30.5 Å². The lowest BCUT2D eigenvalue weighted by Gasteiger charge is -2.19. The number of nitrogens with one attached hydrogen (secondary N) is 1. The monoisotopic (exact) mass is 360 g/mol. The SMILES string of the molecule is [2H]c1cc(Cl)cc(C(=O)CCC(=O)N[C@@H](CC(C)C)B(O)O)c1Cl. The van der Waals surface area contributed by atoms with Crippen molar-refractivity contribution in [2.75, 3.05) is 0 Å². The first kappa shape index (κ1) is 18.3. The molecule has 0 aliphatic carbocycles. The maximum absolute atomic E-state index is 12.2. The first-order valence-electron chi connectivity index (χ1n) is 7.76. The van der Waals surface area contributed by atoms with E-state index in [2.05, 4.69) is 5.32 Å². The molecule has 126 valence electrons. The van der Waals surface area contributed by atoms with Gasteiger partial charge < -0.3 is 15.4 Å². The van der Waals surface area contributed by atoms with E-state index >= 15 is 0 Å². The molecular weight excluding hydrogens is 340 g/mol. The van der Waals surface area contributed by atoms with Crippen LogP contribution in [0.25, 0.3) is 0 Å². The molecule has 0 saturated carbocycles. The van der Waals surface area contributed by atoms with Gasteiger partial charge >= 0.3 is 7.12 Å². The van der Waals surface area contributed by atoms with Gasteiger partial charge in [0.05, 0.1) is 12.3 Å². The van der Waals surface area contributed by atoms with Crippen molar-refractivity contribution in [1.82, 2.24) is 5.32 Å². The standard InChI is InChI=1S/C15H20BCl2NO4/c1-9(2)7-14(16(22)23)19-15(21)6-5-13(20)11-8-10(17)3-4-12(11)18/h3-4,8-9,14,22-23H,5-7H2,1-2H3,(H,19,21)/t14-/m0/s1/i4D. The smallest absolute Gasteiger partial charge is 0.426 e. The van der Waals surface area contributed by atoms with Crippen molar-refractivity contribution in [3.8, 4) is 0 Å². The zero-order valence-corrected chi connectivity index (χ0v) is 14.5. The van der Waals surface area contributed by atoms with E-state index in [1.165, 1.54) is 12.1 Å². The predicted octanol–water partition coefficient (Wildman–Crippen LogP) is 2.50. The first-order chi connectivity index (χ1) is 11.1. The Kier molecular flexibility index (Phi) is 7.37. The summed E-state index contributed by atoms with van der Waals surface area (Å²) in [5, 5.41) is 21.3. The van der Waals surface area contributed by atoms with E-state index < -0.39 is 24.8 Å². The highest BCUT2D eigenvalue weighted by atomic mass is 35.5. The quantitative estimate of drug-likeness (QED) is 0.491. The van der Waals surface area contributed by atoms with Crippen molar-refractivity contribution in [3.05, 3.63) is 33.8 Å².